The van der Waals surface area contributed by atoms with Gasteiger partial charge in [-0.25, -0.2) is 0 Å². The highest BCUT2D eigenvalue weighted by atomic mass is 32.2. The van der Waals surface area contributed by atoms with E-state index in [9.17, 15) is 0 Å². The average molecular weight is 410 g/mol. The number of morpholine rings is 1. The third kappa shape index (κ3) is 4.51. The maximum atomic E-state index is 5.72. The van der Waals surface area contributed by atoms with Crippen molar-refractivity contribution in [1.29, 1.82) is 0 Å². The fourth-order valence-corrected chi connectivity index (χ4v) is 6.55. The van der Waals surface area contributed by atoms with Crippen LogP contribution in [0.4, 0.5) is 5.13 Å². The monoisotopic (exact) mass is 409 g/mol. The van der Waals surface area contributed by atoms with E-state index in [0.29, 0.717) is 10.4 Å². The van der Waals surface area contributed by atoms with Crippen LogP contribution >= 0.6 is 34.9 Å². The van der Waals surface area contributed by atoms with Gasteiger partial charge in [-0.05, 0) is 30.9 Å². The summed E-state index contributed by atoms with van der Waals surface area (Å²) < 4.78 is 6.36. The number of nitrogen functional groups attached to an aromatic ring is 1. The highest BCUT2D eigenvalue weighted by Crippen LogP contribution is 2.45. The number of hydrogen-bond acceptors (Lipinski definition) is 9. The molecule has 1 aliphatic carbocycles. The van der Waals surface area contributed by atoms with Crippen LogP contribution in [0, 0.1) is 0 Å². The molecule has 0 spiro atoms. The highest BCUT2D eigenvalue weighted by Gasteiger charge is 2.26. The van der Waals surface area contributed by atoms with E-state index in [-0.39, 0.29) is 0 Å². The van der Waals surface area contributed by atoms with Crippen molar-refractivity contribution in [3.63, 3.8) is 0 Å². The quantitative estimate of drug-likeness (QED) is 0.729. The number of aromatic nitrogens is 3. The second-order valence-electron chi connectivity index (χ2n) is 6.38. The molecule has 2 aromatic rings. The number of anilines is 1. The van der Waals surface area contributed by atoms with Crippen LogP contribution in [-0.2, 0) is 11.2 Å². The molecule has 2 N–H and O–H groups in total. The molecule has 26 heavy (non-hydrogen) atoms. The predicted molar refractivity (Wildman–Crippen MR) is 108 cm³/mol. The first-order valence-corrected chi connectivity index (χ1v) is 11.6. The zero-order valence-corrected chi connectivity index (χ0v) is 17.0. The van der Waals surface area contributed by atoms with E-state index in [2.05, 4.69) is 21.2 Å². The van der Waals surface area contributed by atoms with Crippen molar-refractivity contribution in [2.45, 2.75) is 33.7 Å². The minimum absolute atomic E-state index is 0.353. The van der Waals surface area contributed by atoms with E-state index in [4.69, 9.17) is 15.5 Å². The summed E-state index contributed by atoms with van der Waals surface area (Å²) >= 11 is 5.18. The van der Waals surface area contributed by atoms with Gasteiger partial charge in [0.2, 0.25) is 5.13 Å². The molecule has 3 heterocycles. The van der Waals surface area contributed by atoms with Gasteiger partial charge in [-0.2, -0.15) is 0 Å². The number of pyridine rings is 1. The summed E-state index contributed by atoms with van der Waals surface area (Å²) in [7, 11) is 0. The smallest absolute Gasteiger partial charge is 0.203 e. The summed E-state index contributed by atoms with van der Waals surface area (Å²) in [4.78, 5) is 8.61. The third-order valence-corrected chi connectivity index (χ3v) is 7.87. The van der Waals surface area contributed by atoms with E-state index in [1.807, 2.05) is 18.0 Å². The van der Waals surface area contributed by atoms with Crippen LogP contribution < -0.4 is 5.73 Å². The van der Waals surface area contributed by atoms with E-state index >= 15 is 0 Å². The summed E-state index contributed by atoms with van der Waals surface area (Å²) in [6, 6.07) is 2.18. The zero-order valence-electron chi connectivity index (χ0n) is 14.6. The topological polar surface area (TPSA) is 77.2 Å². The fraction of sp³-hybridized carbons (Fsp3) is 0.588. The van der Waals surface area contributed by atoms with Crippen molar-refractivity contribution in [3.8, 4) is 0 Å². The lowest BCUT2D eigenvalue weighted by atomic mass is 9.96. The molecular weight excluding hydrogens is 386 g/mol. The van der Waals surface area contributed by atoms with Crippen molar-refractivity contribution in [3.05, 3.63) is 23.5 Å². The molecule has 2 aromatic heterocycles. The van der Waals surface area contributed by atoms with Gasteiger partial charge >= 0.3 is 0 Å². The van der Waals surface area contributed by atoms with Crippen molar-refractivity contribution >= 4 is 40.0 Å². The number of hydrogen-bond donors (Lipinski definition) is 1. The summed E-state index contributed by atoms with van der Waals surface area (Å²) in [6.45, 7) is 4.96. The Morgan fingerprint density at radius 2 is 2.19 bits per heavy atom. The molecule has 9 heteroatoms. The average Bonchev–Trinajstić information content (AvgIpc) is 3.08. The first-order valence-electron chi connectivity index (χ1n) is 8.96. The van der Waals surface area contributed by atoms with E-state index in [0.717, 1.165) is 55.8 Å². The summed E-state index contributed by atoms with van der Waals surface area (Å²) in [5, 5.41) is 8.98. The van der Waals surface area contributed by atoms with Gasteiger partial charge in [-0.3, -0.25) is 9.88 Å². The van der Waals surface area contributed by atoms with Crippen LogP contribution in [-0.4, -0.2) is 58.7 Å². The molecule has 0 saturated carbocycles. The maximum absolute atomic E-state index is 5.72. The standard InChI is InChI=1S/C17H23N5OS3/c18-16-20-21-17(26-16)25-14-3-1-2-12-13(4-5-19-15(12)14)24-11-8-22-6-9-23-10-7-22/h4-5,14H,1-3,6-11H2,(H2,18,20). The molecule has 0 bridgehead atoms. The van der Waals surface area contributed by atoms with Gasteiger partial charge in [-0.1, -0.05) is 23.1 Å². The van der Waals surface area contributed by atoms with Crippen LogP contribution in [0.3, 0.4) is 0 Å². The summed E-state index contributed by atoms with van der Waals surface area (Å²) in [6.07, 6.45) is 5.41. The number of ether oxygens (including phenoxy) is 1. The van der Waals surface area contributed by atoms with Gasteiger partial charge < -0.3 is 10.5 Å². The van der Waals surface area contributed by atoms with Crippen LogP contribution in [0.15, 0.2) is 21.5 Å². The summed E-state index contributed by atoms with van der Waals surface area (Å²) in [5.74, 6) is 1.11. The Balaban J connectivity index is 1.41. The minimum atomic E-state index is 0.353. The molecule has 140 valence electrons. The Morgan fingerprint density at radius 3 is 3.00 bits per heavy atom. The molecule has 1 aliphatic heterocycles. The molecule has 1 atom stereocenters. The van der Waals surface area contributed by atoms with E-state index in [1.54, 1.807) is 11.8 Å². The van der Waals surface area contributed by atoms with Crippen LogP contribution in [0.25, 0.3) is 0 Å². The predicted octanol–water partition coefficient (Wildman–Crippen LogP) is 3.11. The molecular formula is C17H23N5OS3. The maximum Gasteiger partial charge on any atom is 0.203 e. The lowest BCUT2D eigenvalue weighted by molar-refractivity contribution is 0.0410. The largest absolute Gasteiger partial charge is 0.379 e. The SMILES string of the molecule is Nc1nnc(SC2CCCc3c(SCCN4CCOCC4)ccnc32)s1. The minimum Gasteiger partial charge on any atom is -0.379 e. The van der Waals surface area contributed by atoms with Gasteiger partial charge in [0.25, 0.3) is 0 Å². The summed E-state index contributed by atoms with van der Waals surface area (Å²) in [5.41, 5.74) is 8.38. The number of rotatable bonds is 6. The lowest BCUT2D eigenvalue weighted by Crippen LogP contribution is -2.37. The number of thioether (sulfide) groups is 2. The molecule has 0 aromatic carbocycles. The molecule has 2 aliphatic rings. The molecule has 1 fully saturated rings. The van der Waals surface area contributed by atoms with Crippen LogP contribution in [0.2, 0.25) is 0 Å². The Kier molecular flexibility index (Phi) is 6.31. The zero-order chi connectivity index (χ0) is 17.8. The Labute approximate surface area is 166 Å². The van der Waals surface area contributed by atoms with E-state index in [1.165, 1.54) is 33.9 Å². The molecule has 1 unspecified atom stereocenters. The molecule has 4 rings (SSSR count). The van der Waals surface area contributed by atoms with E-state index < -0.39 is 0 Å². The van der Waals surface area contributed by atoms with Crippen molar-refractivity contribution < 1.29 is 4.74 Å². The first kappa shape index (κ1) is 18.5. The van der Waals surface area contributed by atoms with Gasteiger partial charge in [0.15, 0.2) is 4.34 Å². The Morgan fingerprint density at radius 1 is 1.31 bits per heavy atom. The molecule has 6 nitrogen and oxygen atoms in total. The highest BCUT2D eigenvalue weighted by molar-refractivity contribution is 8.01. The Bertz CT molecular complexity index is 735. The normalized spacial score (nSPS) is 20.8. The number of fused-ring (bicyclic) bond motifs is 1. The van der Waals surface area contributed by atoms with Gasteiger partial charge in [0, 0.05) is 36.5 Å². The van der Waals surface area contributed by atoms with Gasteiger partial charge in [0.05, 0.1) is 24.2 Å². The lowest BCUT2D eigenvalue weighted by Gasteiger charge is -2.27. The van der Waals surface area contributed by atoms with Crippen molar-refractivity contribution in [2.24, 2.45) is 0 Å². The fourth-order valence-electron chi connectivity index (χ4n) is 3.37. The Hall–Kier alpha value is -0.870. The molecule has 0 amide bonds. The van der Waals surface area contributed by atoms with Crippen molar-refractivity contribution in [2.75, 3.05) is 44.3 Å². The number of nitrogens with zero attached hydrogens (tertiary/aromatic N) is 4. The van der Waals surface area contributed by atoms with Crippen LogP contribution in [0.5, 0.6) is 0 Å². The van der Waals surface area contributed by atoms with Crippen molar-refractivity contribution in [1.82, 2.24) is 20.1 Å². The number of nitrogens with two attached hydrogens (primary N) is 1. The second kappa shape index (κ2) is 8.88. The molecule has 0 radical (unpaired) electrons. The second-order valence-corrected chi connectivity index (χ2v) is 9.98. The van der Waals surface area contributed by atoms with Crippen LogP contribution in [0.1, 0.15) is 29.3 Å². The van der Waals surface area contributed by atoms with Gasteiger partial charge in [0.1, 0.15) is 0 Å². The first-order chi connectivity index (χ1) is 12.8. The third-order valence-electron chi connectivity index (χ3n) is 4.68. The molecule has 1 saturated heterocycles. The van der Waals surface area contributed by atoms with Gasteiger partial charge in [-0.15, -0.1) is 22.0 Å².